The van der Waals surface area contributed by atoms with Gasteiger partial charge in [-0.3, -0.25) is 9.59 Å². The summed E-state index contributed by atoms with van der Waals surface area (Å²) < 4.78 is 10.5. The van der Waals surface area contributed by atoms with Gasteiger partial charge in [0.15, 0.2) is 5.69 Å². The van der Waals surface area contributed by atoms with Crippen molar-refractivity contribution in [3.8, 4) is 5.88 Å². The van der Waals surface area contributed by atoms with Crippen molar-refractivity contribution in [3.05, 3.63) is 40.4 Å². The van der Waals surface area contributed by atoms with Gasteiger partial charge in [-0.25, -0.2) is 4.98 Å². The van der Waals surface area contributed by atoms with E-state index < -0.39 is 0 Å². The van der Waals surface area contributed by atoms with Crippen LogP contribution in [0.3, 0.4) is 0 Å². The van der Waals surface area contributed by atoms with E-state index in [9.17, 15) is 9.59 Å². The van der Waals surface area contributed by atoms with Crippen molar-refractivity contribution in [2.45, 2.75) is 39.8 Å². The molecule has 0 fully saturated rings. The number of hydrogen-bond acceptors (Lipinski definition) is 6. The topological polar surface area (TPSA) is 97.6 Å². The SMILES string of the molecule is CCN1Cc2nc(OC)c(CNC(=O)c3cc(C(C)C)on3)cc2C1=O. The van der Waals surface area contributed by atoms with Crippen molar-refractivity contribution in [2.24, 2.45) is 0 Å². The Balaban J connectivity index is 1.76. The average molecular weight is 358 g/mol. The van der Waals surface area contributed by atoms with Crippen molar-refractivity contribution in [3.63, 3.8) is 0 Å². The monoisotopic (exact) mass is 358 g/mol. The van der Waals surface area contributed by atoms with Gasteiger partial charge in [-0.2, -0.15) is 0 Å². The molecule has 2 aromatic rings. The van der Waals surface area contributed by atoms with E-state index in [0.29, 0.717) is 41.6 Å². The summed E-state index contributed by atoms with van der Waals surface area (Å²) in [5.41, 5.74) is 2.11. The van der Waals surface area contributed by atoms with E-state index in [1.54, 1.807) is 17.0 Å². The van der Waals surface area contributed by atoms with Gasteiger partial charge in [0, 0.05) is 30.6 Å². The average Bonchev–Trinajstić information content (AvgIpc) is 3.24. The van der Waals surface area contributed by atoms with Crippen LogP contribution >= 0.6 is 0 Å². The minimum absolute atomic E-state index is 0.0525. The Bertz CT molecular complexity index is 844. The van der Waals surface area contributed by atoms with Crippen LogP contribution in [-0.4, -0.2) is 40.5 Å². The number of hydrogen-bond donors (Lipinski definition) is 1. The van der Waals surface area contributed by atoms with Crippen molar-refractivity contribution >= 4 is 11.8 Å². The van der Waals surface area contributed by atoms with Crippen LogP contribution in [0.4, 0.5) is 0 Å². The lowest BCUT2D eigenvalue weighted by molar-refractivity contribution is 0.0786. The Morgan fingerprint density at radius 3 is 2.81 bits per heavy atom. The number of fused-ring (bicyclic) bond motifs is 1. The molecule has 0 unspecified atom stereocenters. The number of rotatable bonds is 6. The second-order valence-corrected chi connectivity index (χ2v) is 6.42. The highest BCUT2D eigenvalue weighted by Gasteiger charge is 2.29. The molecule has 0 atom stereocenters. The predicted octanol–water partition coefficient (Wildman–Crippen LogP) is 2.11. The molecule has 138 valence electrons. The summed E-state index contributed by atoms with van der Waals surface area (Å²) in [7, 11) is 1.51. The van der Waals surface area contributed by atoms with E-state index in [-0.39, 0.29) is 30.0 Å². The van der Waals surface area contributed by atoms with Gasteiger partial charge in [0.05, 0.1) is 24.9 Å². The molecule has 1 aliphatic rings. The Morgan fingerprint density at radius 1 is 1.42 bits per heavy atom. The standard InChI is InChI=1S/C18H22N4O4/c1-5-22-9-14-12(18(22)24)6-11(17(20-14)25-4)8-19-16(23)13-7-15(10(2)3)26-21-13/h6-7,10H,5,8-9H2,1-4H3,(H,19,23). The summed E-state index contributed by atoms with van der Waals surface area (Å²) in [4.78, 5) is 30.8. The number of aromatic nitrogens is 2. The molecule has 0 saturated carbocycles. The second kappa shape index (κ2) is 7.15. The molecule has 0 radical (unpaired) electrons. The normalized spacial score (nSPS) is 13.3. The minimum atomic E-state index is -0.357. The van der Waals surface area contributed by atoms with Gasteiger partial charge >= 0.3 is 0 Å². The summed E-state index contributed by atoms with van der Waals surface area (Å²) in [5, 5.41) is 6.56. The third-order valence-electron chi connectivity index (χ3n) is 4.34. The second-order valence-electron chi connectivity index (χ2n) is 6.42. The van der Waals surface area contributed by atoms with Crippen molar-refractivity contribution in [1.29, 1.82) is 0 Å². The molecule has 1 aliphatic heterocycles. The molecule has 0 bridgehead atoms. The number of pyridine rings is 1. The lowest BCUT2D eigenvalue weighted by Gasteiger charge is -2.10. The molecule has 0 aliphatic carbocycles. The largest absolute Gasteiger partial charge is 0.481 e. The maximum absolute atomic E-state index is 12.3. The van der Waals surface area contributed by atoms with Crippen molar-refractivity contribution in [2.75, 3.05) is 13.7 Å². The number of methoxy groups -OCH3 is 1. The van der Waals surface area contributed by atoms with Gasteiger partial charge in [-0.05, 0) is 13.0 Å². The number of nitrogens with zero attached hydrogens (tertiary/aromatic N) is 3. The molecule has 8 nitrogen and oxygen atoms in total. The van der Waals surface area contributed by atoms with Gasteiger partial charge in [0.2, 0.25) is 5.88 Å². The lowest BCUT2D eigenvalue weighted by atomic mass is 10.1. The molecule has 3 rings (SSSR count). The molecule has 3 heterocycles. The highest BCUT2D eigenvalue weighted by Crippen LogP contribution is 2.27. The number of carbonyl (C=O) groups excluding carboxylic acids is 2. The van der Waals surface area contributed by atoms with Gasteiger partial charge in [-0.1, -0.05) is 19.0 Å². The predicted molar refractivity (Wildman–Crippen MR) is 93.0 cm³/mol. The molecular formula is C18H22N4O4. The first kappa shape index (κ1) is 17.9. The first-order valence-corrected chi connectivity index (χ1v) is 8.55. The summed E-state index contributed by atoms with van der Waals surface area (Å²) in [6.45, 7) is 7.11. The fourth-order valence-electron chi connectivity index (χ4n) is 2.80. The highest BCUT2D eigenvalue weighted by atomic mass is 16.5. The minimum Gasteiger partial charge on any atom is -0.481 e. The van der Waals surface area contributed by atoms with Crippen LogP contribution in [0.15, 0.2) is 16.7 Å². The van der Waals surface area contributed by atoms with Crippen LogP contribution in [0, 0.1) is 0 Å². The molecule has 0 spiro atoms. The molecule has 2 aromatic heterocycles. The van der Waals surface area contributed by atoms with Crippen molar-refractivity contribution < 1.29 is 18.8 Å². The fourth-order valence-corrected chi connectivity index (χ4v) is 2.80. The third kappa shape index (κ3) is 3.26. The lowest BCUT2D eigenvalue weighted by Crippen LogP contribution is -2.24. The molecule has 26 heavy (non-hydrogen) atoms. The van der Waals surface area contributed by atoms with E-state index in [0.717, 1.165) is 0 Å². The van der Waals surface area contributed by atoms with Gasteiger partial charge in [0.25, 0.3) is 11.8 Å². The molecule has 0 saturated heterocycles. The zero-order valence-corrected chi connectivity index (χ0v) is 15.3. The Morgan fingerprint density at radius 2 is 2.19 bits per heavy atom. The number of amides is 2. The van der Waals surface area contributed by atoms with E-state index in [2.05, 4.69) is 15.5 Å². The van der Waals surface area contributed by atoms with Crippen LogP contribution in [0.25, 0.3) is 0 Å². The number of ether oxygens (including phenoxy) is 1. The van der Waals surface area contributed by atoms with Crippen LogP contribution in [0.2, 0.25) is 0 Å². The summed E-state index contributed by atoms with van der Waals surface area (Å²) in [5.74, 6) is 0.792. The van der Waals surface area contributed by atoms with E-state index in [4.69, 9.17) is 9.26 Å². The van der Waals surface area contributed by atoms with E-state index in [1.165, 1.54) is 7.11 Å². The van der Waals surface area contributed by atoms with Crippen LogP contribution in [0.1, 0.15) is 64.6 Å². The molecular weight excluding hydrogens is 336 g/mol. The van der Waals surface area contributed by atoms with Crippen LogP contribution < -0.4 is 10.1 Å². The first-order valence-electron chi connectivity index (χ1n) is 8.55. The Hall–Kier alpha value is -2.90. The van der Waals surface area contributed by atoms with E-state index in [1.807, 2.05) is 20.8 Å². The summed E-state index contributed by atoms with van der Waals surface area (Å²) in [6.07, 6.45) is 0. The third-order valence-corrected chi connectivity index (χ3v) is 4.34. The number of carbonyl (C=O) groups is 2. The molecule has 0 aromatic carbocycles. The number of nitrogens with one attached hydrogen (secondary N) is 1. The maximum Gasteiger partial charge on any atom is 0.273 e. The van der Waals surface area contributed by atoms with Gasteiger partial charge in [0.1, 0.15) is 5.76 Å². The van der Waals surface area contributed by atoms with Gasteiger partial charge < -0.3 is 19.5 Å². The summed E-state index contributed by atoms with van der Waals surface area (Å²) in [6, 6.07) is 3.36. The maximum atomic E-state index is 12.3. The summed E-state index contributed by atoms with van der Waals surface area (Å²) >= 11 is 0. The Labute approximate surface area is 151 Å². The van der Waals surface area contributed by atoms with Crippen molar-refractivity contribution in [1.82, 2.24) is 20.4 Å². The molecule has 8 heteroatoms. The van der Waals surface area contributed by atoms with Crippen LogP contribution in [-0.2, 0) is 13.1 Å². The Kier molecular flexibility index (Phi) is 4.92. The first-order chi connectivity index (χ1) is 12.4. The fraction of sp³-hybridized carbons (Fsp3) is 0.444. The zero-order chi connectivity index (χ0) is 18.8. The molecule has 2 amide bonds. The van der Waals surface area contributed by atoms with Crippen LogP contribution in [0.5, 0.6) is 5.88 Å². The highest BCUT2D eigenvalue weighted by molar-refractivity contribution is 5.98. The van der Waals surface area contributed by atoms with E-state index >= 15 is 0 Å². The quantitative estimate of drug-likeness (QED) is 0.849. The smallest absolute Gasteiger partial charge is 0.273 e. The zero-order valence-electron chi connectivity index (χ0n) is 15.3. The molecule has 1 N–H and O–H groups in total. The van der Waals surface area contributed by atoms with Gasteiger partial charge in [-0.15, -0.1) is 0 Å².